The largest absolute Gasteiger partial charge is 0.508 e. The zero-order valence-corrected chi connectivity index (χ0v) is 11.0. The van der Waals surface area contributed by atoms with Gasteiger partial charge in [-0.1, -0.05) is 42.5 Å². The lowest BCUT2D eigenvalue weighted by Crippen LogP contribution is -2.21. The molecule has 2 aromatic rings. The van der Waals surface area contributed by atoms with Crippen molar-refractivity contribution in [2.45, 2.75) is 19.6 Å². The van der Waals surface area contributed by atoms with E-state index in [2.05, 4.69) is 5.32 Å². The average Bonchev–Trinajstić information content (AvgIpc) is 2.41. The number of phenols is 1. The number of hydrogen-bond donors (Lipinski definition) is 3. The molecular weight excluding hydrogens is 238 g/mol. The first-order valence-electron chi connectivity index (χ1n) is 6.39. The number of para-hydroxylation sites is 1. The van der Waals surface area contributed by atoms with E-state index in [1.807, 2.05) is 43.3 Å². The molecule has 19 heavy (non-hydrogen) atoms. The van der Waals surface area contributed by atoms with E-state index < -0.39 is 6.10 Å². The van der Waals surface area contributed by atoms with Gasteiger partial charge in [-0.2, -0.15) is 0 Å². The van der Waals surface area contributed by atoms with Gasteiger partial charge in [0.25, 0.3) is 0 Å². The number of aryl methyl sites for hydroxylation is 1. The fraction of sp³-hybridized carbons (Fsp3) is 0.250. The summed E-state index contributed by atoms with van der Waals surface area (Å²) in [5, 5.41) is 22.9. The molecular formula is C16H19NO2. The van der Waals surface area contributed by atoms with Crippen molar-refractivity contribution in [3.63, 3.8) is 0 Å². The summed E-state index contributed by atoms with van der Waals surface area (Å²) in [5.74, 6) is 0.278. The first-order chi connectivity index (χ1) is 9.18. The summed E-state index contributed by atoms with van der Waals surface area (Å²) in [6.07, 6.45) is -0.535. The second-order valence-corrected chi connectivity index (χ2v) is 4.63. The first kappa shape index (κ1) is 13.6. The molecule has 0 aliphatic carbocycles. The Morgan fingerprint density at radius 2 is 1.74 bits per heavy atom. The molecule has 0 bridgehead atoms. The van der Waals surface area contributed by atoms with Crippen LogP contribution in [0.3, 0.4) is 0 Å². The molecule has 0 radical (unpaired) electrons. The number of hydrogen-bond acceptors (Lipinski definition) is 3. The van der Waals surface area contributed by atoms with Gasteiger partial charge >= 0.3 is 0 Å². The fourth-order valence-electron chi connectivity index (χ4n) is 2.07. The van der Waals surface area contributed by atoms with Gasteiger partial charge in [0, 0.05) is 18.7 Å². The van der Waals surface area contributed by atoms with Crippen molar-refractivity contribution in [2.75, 3.05) is 6.54 Å². The molecule has 2 rings (SSSR count). The van der Waals surface area contributed by atoms with Gasteiger partial charge in [0.2, 0.25) is 0 Å². The van der Waals surface area contributed by atoms with Crippen molar-refractivity contribution in [2.24, 2.45) is 0 Å². The average molecular weight is 257 g/mol. The van der Waals surface area contributed by atoms with Crippen molar-refractivity contribution in [1.29, 1.82) is 0 Å². The lowest BCUT2D eigenvalue weighted by molar-refractivity contribution is 0.173. The first-order valence-corrected chi connectivity index (χ1v) is 6.39. The smallest absolute Gasteiger partial charge is 0.120 e. The van der Waals surface area contributed by atoms with Crippen LogP contribution < -0.4 is 5.32 Å². The van der Waals surface area contributed by atoms with Crippen molar-refractivity contribution >= 4 is 0 Å². The fourth-order valence-corrected chi connectivity index (χ4v) is 2.07. The van der Waals surface area contributed by atoms with Gasteiger partial charge in [-0.05, 0) is 24.1 Å². The molecule has 0 heterocycles. The van der Waals surface area contributed by atoms with Gasteiger partial charge in [-0.15, -0.1) is 0 Å². The van der Waals surface area contributed by atoms with Gasteiger partial charge in [-0.25, -0.2) is 0 Å². The van der Waals surface area contributed by atoms with Crippen molar-refractivity contribution in [3.8, 4) is 5.75 Å². The molecule has 0 aliphatic heterocycles. The molecule has 1 atom stereocenters. The van der Waals surface area contributed by atoms with Crippen LogP contribution in [0.15, 0.2) is 48.5 Å². The second kappa shape index (κ2) is 6.36. The Morgan fingerprint density at radius 3 is 2.47 bits per heavy atom. The van der Waals surface area contributed by atoms with Crippen LogP contribution in [0.1, 0.15) is 22.8 Å². The van der Waals surface area contributed by atoms with Crippen LogP contribution in [-0.4, -0.2) is 16.8 Å². The van der Waals surface area contributed by atoms with E-state index in [4.69, 9.17) is 0 Å². The van der Waals surface area contributed by atoms with Crippen LogP contribution in [0.5, 0.6) is 5.75 Å². The van der Waals surface area contributed by atoms with Gasteiger partial charge in [-0.3, -0.25) is 0 Å². The highest BCUT2D eigenvalue weighted by Crippen LogP contribution is 2.18. The number of aromatic hydroxyl groups is 1. The predicted molar refractivity (Wildman–Crippen MR) is 76.0 cm³/mol. The van der Waals surface area contributed by atoms with Gasteiger partial charge in [0.05, 0.1) is 6.10 Å². The van der Waals surface area contributed by atoms with E-state index in [0.717, 1.165) is 16.7 Å². The van der Waals surface area contributed by atoms with Crippen molar-refractivity contribution in [3.05, 3.63) is 65.2 Å². The summed E-state index contributed by atoms with van der Waals surface area (Å²) in [6, 6.07) is 15.0. The minimum Gasteiger partial charge on any atom is -0.508 e. The molecule has 3 N–H and O–H groups in total. The number of rotatable bonds is 5. The maximum absolute atomic E-state index is 10.1. The highest BCUT2D eigenvalue weighted by atomic mass is 16.3. The number of benzene rings is 2. The van der Waals surface area contributed by atoms with Crippen LogP contribution in [0, 0.1) is 6.92 Å². The molecule has 0 aliphatic rings. The quantitative estimate of drug-likeness (QED) is 0.771. The normalized spacial score (nSPS) is 12.3. The Bertz CT molecular complexity index is 540. The van der Waals surface area contributed by atoms with Crippen molar-refractivity contribution in [1.82, 2.24) is 5.32 Å². The molecule has 0 saturated carbocycles. The van der Waals surface area contributed by atoms with Gasteiger partial charge in [0.1, 0.15) is 5.75 Å². The molecule has 0 amide bonds. The third-order valence-electron chi connectivity index (χ3n) is 3.19. The lowest BCUT2D eigenvalue weighted by Gasteiger charge is -2.14. The Labute approximate surface area is 113 Å². The van der Waals surface area contributed by atoms with E-state index in [0.29, 0.717) is 13.1 Å². The van der Waals surface area contributed by atoms with Crippen LogP contribution in [-0.2, 0) is 6.54 Å². The monoisotopic (exact) mass is 257 g/mol. The number of phenolic OH excluding ortho intramolecular Hbond substituents is 1. The third kappa shape index (κ3) is 3.56. The molecule has 3 heteroatoms. The molecule has 3 nitrogen and oxygen atoms in total. The standard InChI is InChI=1S/C16H19NO2/c1-12-6-2-4-8-14(12)16(19)11-17-10-13-7-3-5-9-15(13)18/h2-9,16-19H,10-11H2,1H3. The molecule has 0 saturated heterocycles. The second-order valence-electron chi connectivity index (χ2n) is 4.63. The highest BCUT2D eigenvalue weighted by Gasteiger charge is 2.09. The molecule has 100 valence electrons. The van der Waals surface area contributed by atoms with Crippen LogP contribution in [0.2, 0.25) is 0 Å². The SMILES string of the molecule is Cc1ccccc1C(O)CNCc1ccccc1O. The van der Waals surface area contributed by atoms with E-state index in [-0.39, 0.29) is 5.75 Å². The number of aliphatic hydroxyl groups excluding tert-OH is 1. The van der Waals surface area contributed by atoms with E-state index >= 15 is 0 Å². The van der Waals surface area contributed by atoms with E-state index in [1.54, 1.807) is 12.1 Å². The summed E-state index contributed by atoms with van der Waals surface area (Å²) in [4.78, 5) is 0. The maximum atomic E-state index is 10.1. The minimum absolute atomic E-state index is 0.278. The Morgan fingerprint density at radius 1 is 1.05 bits per heavy atom. The molecule has 0 fully saturated rings. The summed E-state index contributed by atoms with van der Waals surface area (Å²) in [5.41, 5.74) is 2.85. The zero-order valence-electron chi connectivity index (χ0n) is 11.0. The van der Waals surface area contributed by atoms with E-state index in [9.17, 15) is 10.2 Å². The topological polar surface area (TPSA) is 52.5 Å². The Balaban J connectivity index is 1.90. The lowest BCUT2D eigenvalue weighted by atomic mass is 10.0. The molecule has 0 aromatic heterocycles. The van der Waals surface area contributed by atoms with Crippen LogP contribution >= 0.6 is 0 Å². The zero-order chi connectivity index (χ0) is 13.7. The van der Waals surface area contributed by atoms with Crippen LogP contribution in [0.4, 0.5) is 0 Å². The molecule has 0 spiro atoms. The number of aliphatic hydroxyl groups is 1. The highest BCUT2D eigenvalue weighted by molar-refractivity contribution is 5.31. The number of nitrogens with one attached hydrogen (secondary N) is 1. The summed E-state index contributed by atoms with van der Waals surface area (Å²) >= 11 is 0. The molecule has 2 aromatic carbocycles. The van der Waals surface area contributed by atoms with Gasteiger partial charge in [0.15, 0.2) is 0 Å². The third-order valence-corrected chi connectivity index (χ3v) is 3.19. The van der Waals surface area contributed by atoms with E-state index in [1.165, 1.54) is 0 Å². The predicted octanol–water partition coefficient (Wildman–Crippen LogP) is 2.52. The summed E-state index contributed by atoms with van der Waals surface area (Å²) in [7, 11) is 0. The maximum Gasteiger partial charge on any atom is 0.120 e. The van der Waals surface area contributed by atoms with Crippen LogP contribution in [0.25, 0.3) is 0 Å². The molecule has 1 unspecified atom stereocenters. The Hall–Kier alpha value is -1.84. The Kier molecular flexibility index (Phi) is 4.55. The van der Waals surface area contributed by atoms with Crippen molar-refractivity contribution < 1.29 is 10.2 Å². The summed E-state index contributed by atoms with van der Waals surface area (Å²) in [6.45, 7) is 2.98. The van der Waals surface area contributed by atoms with Gasteiger partial charge < -0.3 is 15.5 Å². The summed E-state index contributed by atoms with van der Waals surface area (Å²) < 4.78 is 0. The minimum atomic E-state index is -0.535.